The Bertz CT molecular complexity index is 1120. The number of pyridine rings is 2. The Labute approximate surface area is 188 Å². The van der Waals surface area contributed by atoms with E-state index in [0.29, 0.717) is 19.8 Å². The number of nitrogens with zero attached hydrogens (tertiary/aromatic N) is 4. The van der Waals surface area contributed by atoms with Crippen LogP contribution in [0, 0.1) is 0 Å². The van der Waals surface area contributed by atoms with E-state index in [0.717, 1.165) is 45.9 Å². The molecular formula is C24H29N5O3. The van der Waals surface area contributed by atoms with Crippen LogP contribution in [0.4, 0.5) is 11.4 Å². The van der Waals surface area contributed by atoms with E-state index in [1.807, 2.05) is 20.3 Å². The SMILES string of the molecule is CN1CC(c2ccc3c(n2)C2(CCOC2)OC(C)(C)N3C)=Cc2c(CC(N)=O)cncc21. The Morgan fingerprint density at radius 2 is 2.03 bits per heavy atom. The van der Waals surface area contributed by atoms with Gasteiger partial charge in [0.25, 0.3) is 0 Å². The molecule has 1 atom stereocenters. The van der Waals surface area contributed by atoms with Crippen LogP contribution >= 0.6 is 0 Å². The van der Waals surface area contributed by atoms with Crippen molar-refractivity contribution < 1.29 is 14.3 Å². The lowest BCUT2D eigenvalue weighted by atomic mass is 9.90. The third kappa shape index (κ3) is 3.25. The zero-order valence-corrected chi connectivity index (χ0v) is 19.0. The van der Waals surface area contributed by atoms with Crippen molar-refractivity contribution in [3.8, 4) is 0 Å². The largest absolute Gasteiger partial charge is 0.378 e. The summed E-state index contributed by atoms with van der Waals surface area (Å²) in [6.07, 6.45) is 6.58. The molecule has 0 aliphatic carbocycles. The smallest absolute Gasteiger partial charge is 0.221 e. The van der Waals surface area contributed by atoms with Crippen LogP contribution in [-0.2, 0) is 26.3 Å². The number of aromatic nitrogens is 2. The van der Waals surface area contributed by atoms with Crippen molar-refractivity contribution in [2.45, 2.75) is 38.0 Å². The molecule has 5 rings (SSSR count). The monoisotopic (exact) mass is 435 g/mol. The molecule has 3 aliphatic rings. The third-order valence-electron chi connectivity index (χ3n) is 6.79. The summed E-state index contributed by atoms with van der Waals surface area (Å²) in [5, 5.41) is 0. The number of anilines is 2. The minimum absolute atomic E-state index is 0.152. The number of carbonyl (C=O) groups is 1. The van der Waals surface area contributed by atoms with Crippen molar-refractivity contribution in [3.05, 3.63) is 47.0 Å². The van der Waals surface area contributed by atoms with E-state index < -0.39 is 11.3 Å². The third-order valence-corrected chi connectivity index (χ3v) is 6.79. The van der Waals surface area contributed by atoms with Crippen molar-refractivity contribution in [2.75, 3.05) is 43.7 Å². The second-order valence-corrected chi connectivity index (χ2v) is 9.37. The Hall–Kier alpha value is -2.97. The molecule has 1 spiro atoms. The van der Waals surface area contributed by atoms with Gasteiger partial charge in [-0.1, -0.05) is 0 Å². The molecule has 0 aromatic carbocycles. The summed E-state index contributed by atoms with van der Waals surface area (Å²) >= 11 is 0. The number of ether oxygens (including phenoxy) is 2. The Kier molecular flexibility index (Phi) is 4.76. The summed E-state index contributed by atoms with van der Waals surface area (Å²) in [5.41, 5.74) is 11.2. The number of carbonyl (C=O) groups excluding carboxylic acids is 1. The van der Waals surface area contributed by atoms with E-state index in [1.165, 1.54) is 0 Å². The minimum Gasteiger partial charge on any atom is -0.378 e. The minimum atomic E-state index is -0.540. The highest BCUT2D eigenvalue weighted by molar-refractivity contribution is 5.92. The van der Waals surface area contributed by atoms with Crippen LogP contribution in [0.5, 0.6) is 0 Å². The average Bonchev–Trinajstić information content (AvgIpc) is 3.20. The molecule has 8 nitrogen and oxygen atoms in total. The summed E-state index contributed by atoms with van der Waals surface area (Å²) < 4.78 is 12.4. The maximum atomic E-state index is 11.6. The number of likely N-dealkylation sites (N-methyl/N-ethyl adjacent to an activating group) is 1. The maximum Gasteiger partial charge on any atom is 0.221 e. The Balaban J connectivity index is 1.62. The highest BCUT2D eigenvalue weighted by atomic mass is 16.6. The van der Waals surface area contributed by atoms with Crippen LogP contribution in [0.3, 0.4) is 0 Å². The second-order valence-electron chi connectivity index (χ2n) is 9.37. The summed E-state index contributed by atoms with van der Waals surface area (Å²) in [7, 11) is 4.06. The summed E-state index contributed by atoms with van der Waals surface area (Å²) in [4.78, 5) is 25.3. The van der Waals surface area contributed by atoms with Gasteiger partial charge in [-0.15, -0.1) is 0 Å². The fraction of sp³-hybridized carbons (Fsp3) is 0.458. The molecular weight excluding hydrogens is 406 g/mol. The van der Waals surface area contributed by atoms with Crippen molar-refractivity contribution in [1.29, 1.82) is 0 Å². The molecule has 1 amide bonds. The van der Waals surface area contributed by atoms with Crippen LogP contribution in [0.1, 0.15) is 42.8 Å². The van der Waals surface area contributed by atoms with Gasteiger partial charge in [0.2, 0.25) is 5.91 Å². The molecule has 168 valence electrons. The van der Waals surface area contributed by atoms with Gasteiger partial charge in [-0.05, 0) is 43.2 Å². The molecule has 32 heavy (non-hydrogen) atoms. The number of nitrogens with two attached hydrogens (primary N) is 1. The van der Waals surface area contributed by atoms with Crippen LogP contribution in [-0.4, -0.2) is 55.5 Å². The molecule has 1 saturated heterocycles. The first-order valence-electron chi connectivity index (χ1n) is 10.9. The lowest BCUT2D eigenvalue weighted by molar-refractivity contribution is -0.156. The first-order chi connectivity index (χ1) is 15.2. The molecule has 8 heteroatoms. The Morgan fingerprint density at radius 3 is 2.75 bits per heavy atom. The molecule has 3 aliphatic heterocycles. The first kappa shape index (κ1) is 20.9. The number of rotatable bonds is 3. The molecule has 0 saturated carbocycles. The van der Waals surface area contributed by atoms with Crippen molar-refractivity contribution in [2.24, 2.45) is 5.73 Å². The van der Waals surface area contributed by atoms with Crippen molar-refractivity contribution >= 4 is 28.9 Å². The van der Waals surface area contributed by atoms with E-state index in [1.54, 1.807) is 6.20 Å². The van der Waals surface area contributed by atoms with Gasteiger partial charge in [-0.3, -0.25) is 9.78 Å². The highest BCUT2D eigenvalue weighted by Crippen LogP contribution is 2.48. The number of fused-ring (bicyclic) bond motifs is 3. The zero-order chi connectivity index (χ0) is 22.7. The standard InChI is InChI=1S/C24H29N5O3/c1-23(2)29(4)19-6-5-18(27-22(19)24(32-23)7-8-31-14-24)16-9-17-15(10-21(25)30)11-26-12-20(17)28(3)13-16/h5-6,9,11-12H,7-8,10,13-14H2,1-4H3,(H2,25,30). The summed E-state index contributed by atoms with van der Waals surface area (Å²) in [6, 6.07) is 4.20. The maximum absolute atomic E-state index is 11.6. The molecule has 0 radical (unpaired) electrons. The van der Waals surface area contributed by atoms with Gasteiger partial charge in [0.1, 0.15) is 11.3 Å². The van der Waals surface area contributed by atoms with Gasteiger partial charge in [0.15, 0.2) is 0 Å². The van der Waals surface area contributed by atoms with Crippen molar-refractivity contribution in [1.82, 2.24) is 9.97 Å². The molecule has 2 N–H and O–H groups in total. The lowest BCUT2D eigenvalue weighted by Gasteiger charge is -2.49. The first-order valence-corrected chi connectivity index (χ1v) is 10.9. The van der Waals surface area contributed by atoms with Gasteiger partial charge in [0, 0.05) is 45.4 Å². The van der Waals surface area contributed by atoms with Gasteiger partial charge in [-0.2, -0.15) is 0 Å². The van der Waals surface area contributed by atoms with Crippen LogP contribution in [0.25, 0.3) is 11.6 Å². The Morgan fingerprint density at radius 1 is 1.22 bits per heavy atom. The van der Waals surface area contributed by atoms with Crippen LogP contribution in [0.2, 0.25) is 0 Å². The van der Waals surface area contributed by atoms with Crippen LogP contribution < -0.4 is 15.5 Å². The normalized spacial score (nSPS) is 23.7. The number of hydrogen-bond acceptors (Lipinski definition) is 7. The molecule has 1 unspecified atom stereocenters. The van der Waals surface area contributed by atoms with E-state index in [2.05, 4.69) is 46.8 Å². The summed E-state index contributed by atoms with van der Waals surface area (Å²) in [5.74, 6) is -0.374. The summed E-state index contributed by atoms with van der Waals surface area (Å²) in [6.45, 7) is 6.01. The molecule has 1 fully saturated rings. The predicted molar refractivity (Wildman–Crippen MR) is 123 cm³/mol. The van der Waals surface area contributed by atoms with E-state index in [4.69, 9.17) is 20.2 Å². The molecule has 2 aromatic rings. The lowest BCUT2D eigenvalue weighted by Crippen LogP contribution is -2.55. The highest BCUT2D eigenvalue weighted by Gasteiger charge is 2.51. The zero-order valence-electron chi connectivity index (χ0n) is 19.0. The van der Waals surface area contributed by atoms with E-state index >= 15 is 0 Å². The fourth-order valence-electron chi connectivity index (χ4n) is 4.95. The van der Waals surface area contributed by atoms with Gasteiger partial charge >= 0.3 is 0 Å². The number of primary amides is 1. The average molecular weight is 436 g/mol. The van der Waals surface area contributed by atoms with Crippen LogP contribution in [0.15, 0.2) is 24.5 Å². The predicted octanol–water partition coefficient (Wildman–Crippen LogP) is 2.31. The topological polar surface area (TPSA) is 93.8 Å². The van der Waals surface area contributed by atoms with Gasteiger partial charge in [-0.25, -0.2) is 4.98 Å². The number of amides is 1. The second kappa shape index (κ2) is 7.28. The molecule has 5 heterocycles. The molecule has 2 aromatic heterocycles. The quantitative estimate of drug-likeness (QED) is 0.791. The van der Waals surface area contributed by atoms with E-state index in [9.17, 15) is 4.79 Å². The van der Waals surface area contributed by atoms with Gasteiger partial charge < -0.3 is 25.0 Å². The van der Waals surface area contributed by atoms with Crippen molar-refractivity contribution in [3.63, 3.8) is 0 Å². The van der Waals surface area contributed by atoms with Gasteiger partial charge in [0.05, 0.1) is 42.0 Å². The molecule has 0 bridgehead atoms. The number of hydrogen-bond donors (Lipinski definition) is 1. The van der Waals surface area contributed by atoms with E-state index in [-0.39, 0.29) is 12.3 Å². The fourth-order valence-corrected chi connectivity index (χ4v) is 4.95.